The lowest BCUT2D eigenvalue weighted by Crippen LogP contribution is -2.36. The van der Waals surface area contributed by atoms with Gasteiger partial charge < -0.3 is 10.6 Å². The van der Waals surface area contributed by atoms with Gasteiger partial charge in [-0.2, -0.15) is 11.8 Å². The molecule has 0 aliphatic rings. The predicted molar refractivity (Wildman–Crippen MR) is 90.0 cm³/mol. The van der Waals surface area contributed by atoms with Crippen LogP contribution < -0.4 is 10.6 Å². The van der Waals surface area contributed by atoms with Crippen LogP contribution in [-0.4, -0.2) is 33.7 Å². The number of benzene rings is 1. The zero-order chi connectivity index (χ0) is 15.1. The quantitative estimate of drug-likeness (QED) is 0.854. The van der Waals surface area contributed by atoms with Gasteiger partial charge in [0.05, 0.1) is 0 Å². The third kappa shape index (κ3) is 5.02. The average Bonchev–Trinajstić information content (AvgIpc) is 3.00. The molecule has 0 aliphatic heterocycles. The topological polar surface area (TPSA) is 66.9 Å². The first-order valence-electron chi connectivity index (χ1n) is 6.63. The van der Waals surface area contributed by atoms with E-state index in [1.165, 1.54) is 11.5 Å². The van der Waals surface area contributed by atoms with E-state index < -0.39 is 0 Å². The van der Waals surface area contributed by atoms with Crippen LogP contribution in [0.15, 0.2) is 29.6 Å². The molecule has 0 aliphatic carbocycles. The molecule has 2 amide bonds. The van der Waals surface area contributed by atoms with Gasteiger partial charge in [0.2, 0.25) is 0 Å². The molecule has 112 valence electrons. The zero-order valence-corrected chi connectivity index (χ0v) is 13.6. The maximum atomic E-state index is 11.8. The normalized spacial score (nSPS) is 11.9. The average molecular weight is 322 g/mol. The first kappa shape index (κ1) is 15.8. The van der Waals surface area contributed by atoms with Crippen molar-refractivity contribution in [2.75, 3.05) is 17.3 Å². The fraction of sp³-hybridized carbons (Fsp3) is 0.357. The highest BCUT2D eigenvalue weighted by Crippen LogP contribution is 2.19. The van der Waals surface area contributed by atoms with E-state index in [0.717, 1.165) is 29.1 Å². The smallest absolute Gasteiger partial charge is 0.319 e. The first-order chi connectivity index (χ1) is 10.2. The Morgan fingerprint density at radius 2 is 2.14 bits per heavy atom. The summed E-state index contributed by atoms with van der Waals surface area (Å²) in [6.07, 6.45) is 3.02. The van der Waals surface area contributed by atoms with E-state index in [9.17, 15) is 4.79 Å². The van der Waals surface area contributed by atoms with Crippen molar-refractivity contribution in [1.82, 2.24) is 14.9 Å². The molecule has 2 N–H and O–H groups in total. The number of thioether (sulfide) groups is 1. The van der Waals surface area contributed by atoms with Crippen LogP contribution in [0.1, 0.15) is 13.3 Å². The number of carbonyl (C=O) groups excluding carboxylic acids is 1. The standard InChI is InChI=1S/C14H18N4OS2/c1-10(7-8-20-2)15-14(19)16-12-5-3-11(4-6-12)13-9-21-18-17-13/h3-6,9-10H,7-8H2,1-2H3,(H2,15,16,19)/t10-/m1/s1. The van der Waals surface area contributed by atoms with Gasteiger partial charge in [0, 0.05) is 22.7 Å². The fourth-order valence-corrected chi connectivity index (χ4v) is 2.83. The summed E-state index contributed by atoms with van der Waals surface area (Å²) in [5, 5.41) is 11.7. The zero-order valence-electron chi connectivity index (χ0n) is 12.0. The largest absolute Gasteiger partial charge is 0.335 e. The lowest BCUT2D eigenvalue weighted by Gasteiger charge is -2.14. The van der Waals surface area contributed by atoms with Crippen LogP contribution in [0.3, 0.4) is 0 Å². The Bertz CT molecular complexity index is 557. The van der Waals surface area contributed by atoms with Crippen molar-refractivity contribution in [3.05, 3.63) is 29.6 Å². The maximum absolute atomic E-state index is 11.8. The predicted octanol–water partition coefficient (Wildman–Crippen LogP) is 3.47. The molecule has 7 heteroatoms. The van der Waals surface area contributed by atoms with E-state index in [-0.39, 0.29) is 12.1 Å². The number of amides is 2. The van der Waals surface area contributed by atoms with Gasteiger partial charge in [0.25, 0.3) is 0 Å². The van der Waals surface area contributed by atoms with E-state index in [0.29, 0.717) is 0 Å². The molecule has 21 heavy (non-hydrogen) atoms. The number of urea groups is 1. The summed E-state index contributed by atoms with van der Waals surface area (Å²) in [5.41, 5.74) is 2.60. The summed E-state index contributed by atoms with van der Waals surface area (Å²) in [6, 6.07) is 7.55. The Morgan fingerprint density at radius 3 is 2.76 bits per heavy atom. The highest BCUT2D eigenvalue weighted by atomic mass is 32.2. The lowest BCUT2D eigenvalue weighted by molar-refractivity contribution is 0.249. The second-order valence-corrected chi connectivity index (χ2v) is 6.24. The molecule has 0 saturated heterocycles. The van der Waals surface area contributed by atoms with Crippen molar-refractivity contribution in [2.45, 2.75) is 19.4 Å². The van der Waals surface area contributed by atoms with E-state index in [1.54, 1.807) is 11.8 Å². The molecular weight excluding hydrogens is 304 g/mol. The van der Waals surface area contributed by atoms with Crippen molar-refractivity contribution >= 4 is 35.0 Å². The maximum Gasteiger partial charge on any atom is 0.319 e. The third-order valence-corrected chi connectivity index (χ3v) is 4.08. The highest BCUT2D eigenvalue weighted by Gasteiger charge is 2.07. The van der Waals surface area contributed by atoms with Crippen molar-refractivity contribution in [3.63, 3.8) is 0 Å². The Morgan fingerprint density at radius 1 is 1.38 bits per heavy atom. The minimum Gasteiger partial charge on any atom is -0.335 e. The van der Waals surface area contributed by atoms with E-state index in [2.05, 4.69) is 26.5 Å². The van der Waals surface area contributed by atoms with Crippen LogP contribution in [0.25, 0.3) is 11.3 Å². The molecule has 1 aromatic carbocycles. The molecule has 1 atom stereocenters. The van der Waals surface area contributed by atoms with E-state index in [1.807, 2.05) is 36.6 Å². The van der Waals surface area contributed by atoms with Crippen LogP contribution in [0.5, 0.6) is 0 Å². The molecule has 5 nitrogen and oxygen atoms in total. The fourth-order valence-electron chi connectivity index (χ4n) is 1.77. The summed E-state index contributed by atoms with van der Waals surface area (Å²) in [5.74, 6) is 1.04. The van der Waals surface area contributed by atoms with Gasteiger partial charge in [0.15, 0.2) is 0 Å². The molecule has 0 spiro atoms. The van der Waals surface area contributed by atoms with Crippen molar-refractivity contribution in [1.29, 1.82) is 0 Å². The van der Waals surface area contributed by atoms with Crippen molar-refractivity contribution in [3.8, 4) is 11.3 Å². The number of carbonyl (C=O) groups is 1. The van der Waals surface area contributed by atoms with Gasteiger partial charge in [-0.15, -0.1) is 5.10 Å². The van der Waals surface area contributed by atoms with Crippen LogP contribution in [0.2, 0.25) is 0 Å². The molecule has 0 unspecified atom stereocenters. The monoisotopic (exact) mass is 322 g/mol. The number of hydrogen-bond donors (Lipinski definition) is 2. The molecule has 0 fully saturated rings. The minimum atomic E-state index is -0.174. The summed E-state index contributed by atoms with van der Waals surface area (Å²) in [6.45, 7) is 2.01. The molecular formula is C14H18N4OS2. The summed E-state index contributed by atoms with van der Waals surface area (Å²) < 4.78 is 3.84. The Hall–Kier alpha value is -1.60. The molecule has 1 heterocycles. The number of aromatic nitrogens is 2. The highest BCUT2D eigenvalue weighted by molar-refractivity contribution is 7.98. The molecule has 0 saturated carbocycles. The van der Waals surface area contributed by atoms with E-state index >= 15 is 0 Å². The molecule has 1 aromatic heterocycles. The van der Waals surface area contributed by atoms with Crippen molar-refractivity contribution in [2.24, 2.45) is 0 Å². The van der Waals surface area contributed by atoms with Crippen LogP contribution >= 0.6 is 23.3 Å². The number of anilines is 1. The summed E-state index contributed by atoms with van der Waals surface area (Å²) in [4.78, 5) is 11.8. The van der Waals surface area contributed by atoms with Gasteiger partial charge in [-0.05, 0) is 49.0 Å². The number of nitrogens with zero attached hydrogens (tertiary/aromatic N) is 2. The Kier molecular flexibility index (Phi) is 6.01. The Balaban J connectivity index is 1.87. The number of nitrogens with one attached hydrogen (secondary N) is 2. The van der Waals surface area contributed by atoms with Gasteiger partial charge >= 0.3 is 6.03 Å². The summed E-state index contributed by atoms with van der Waals surface area (Å²) in [7, 11) is 0. The van der Waals surface area contributed by atoms with Crippen LogP contribution in [0.4, 0.5) is 10.5 Å². The van der Waals surface area contributed by atoms with Gasteiger partial charge in [0.1, 0.15) is 5.69 Å². The van der Waals surface area contributed by atoms with Crippen LogP contribution in [-0.2, 0) is 0 Å². The number of rotatable bonds is 6. The van der Waals surface area contributed by atoms with Crippen molar-refractivity contribution < 1.29 is 4.79 Å². The van der Waals surface area contributed by atoms with Gasteiger partial charge in [-0.3, -0.25) is 0 Å². The van der Waals surface area contributed by atoms with Gasteiger partial charge in [-0.1, -0.05) is 16.6 Å². The second kappa shape index (κ2) is 7.99. The lowest BCUT2D eigenvalue weighted by atomic mass is 10.1. The third-order valence-electron chi connectivity index (χ3n) is 2.93. The first-order valence-corrected chi connectivity index (χ1v) is 8.86. The molecule has 2 aromatic rings. The van der Waals surface area contributed by atoms with Crippen LogP contribution in [0, 0.1) is 0 Å². The minimum absolute atomic E-state index is 0.165. The second-order valence-electron chi connectivity index (χ2n) is 4.65. The summed E-state index contributed by atoms with van der Waals surface area (Å²) >= 11 is 3.10. The molecule has 0 bridgehead atoms. The number of hydrogen-bond acceptors (Lipinski definition) is 5. The van der Waals surface area contributed by atoms with Gasteiger partial charge in [-0.25, -0.2) is 4.79 Å². The SMILES string of the molecule is CSCC[C@@H](C)NC(=O)Nc1ccc(-c2csnn2)cc1. The Labute approximate surface area is 132 Å². The molecule has 2 rings (SSSR count). The van der Waals surface area contributed by atoms with E-state index in [4.69, 9.17) is 0 Å². The molecule has 0 radical (unpaired) electrons.